The van der Waals surface area contributed by atoms with E-state index < -0.39 is 0 Å². The summed E-state index contributed by atoms with van der Waals surface area (Å²) in [6.45, 7) is 4.95. The van der Waals surface area contributed by atoms with Gasteiger partial charge in [0.2, 0.25) is 0 Å². The number of hydrogen-bond donors (Lipinski definition) is 1. The van der Waals surface area contributed by atoms with E-state index >= 15 is 0 Å². The summed E-state index contributed by atoms with van der Waals surface area (Å²) in [6, 6.07) is 0. The molecule has 0 aromatic rings. The van der Waals surface area contributed by atoms with E-state index in [0.29, 0.717) is 7.92 Å². The molecule has 1 aliphatic rings. The smallest absolute Gasteiger partial charge is 0.00553 e. The van der Waals surface area contributed by atoms with Gasteiger partial charge in [-0.2, -0.15) is 11.8 Å². The molecule has 0 saturated heterocycles. The molecule has 0 amide bonds. The van der Waals surface area contributed by atoms with Gasteiger partial charge in [-0.1, -0.05) is 19.3 Å². The molecule has 1 nitrogen and oxygen atoms in total. The van der Waals surface area contributed by atoms with Gasteiger partial charge in [0.25, 0.3) is 0 Å². The molecule has 0 aromatic heterocycles. The molecule has 1 saturated carbocycles. The van der Waals surface area contributed by atoms with Gasteiger partial charge >= 0.3 is 0 Å². The van der Waals surface area contributed by atoms with Crippen molar-refractivity contribution in [2.24, 2.45) is 0 Å². The van der Waals surface area contributed by atoms with Crippen molar-refractivity contribution in [2.75, 3.05) is 37.9 Å². The first kappa shape index (κ1) is 13.8. The monoisotopic (exact) mass is 247 g/mol. The van der Waals surface area contributed by atoms with Gasteiger partial charge in [-0.3, -0.25) is 0 Å². The Morgan fingerprint density at radius 2 is 1.93 bits per heavy atom. The fraction of sp³-hybridized carbons (Fsp3) is 1.00. The van der Waals surface area contributed by atoms with Gasteiger partial charge in [-0.05, 0) is 44.1 Å². The molecule has 3 heteroatoms. The van der Waals surface area contributed by atoms with Crippen LogP contribution in [0.25, 0.3) is 0 Å². The van der Waals surface area contributed by atoms with E-state index in [1.165, 1.54) is 57.1 Å². The van der Waals surface area contributed by atoms with E-state index in [0.717, 1.165) is 5.66 Å². The number of nitrogens with one attached hydrogen (secondary N) is 1. The molecule has 15 heavy (non-hydrogen) atoms. The number of thioether (sulfide) groups is 1. The SMILES string of the molecule is CSCCNCCP(C)C1CCCCC1. The van der Waals surface area contributed by atoms with Crippen LogP contribution in [-0.2, 0) is 0 Å². The Balaban J connectivity index is 1.99. The highest BCUT2D eigenvalue weighted by molar-refractivity contribution is 7.98. The minimum Gasteiger partial charge on any atom is -0.316 e. The highest BCUT2D eigenvalue weighted by Gasteiger charge is 2.18. The molecule has 0 aliphatic heterocycles. The summed E-state index contributed by atoms with van der Waals surface area (Å²) in [7, 11) is 0.311. The lowest BCUT2D eigenvalue weighted by Crippen LogP contribution is -2.22. The average Bonchev–Trinajstić information content (AvgIpc) is 2.30. The Bertz CT molecular complexity index is 149. The van der Waals surface area contributed by atoms with Crippen molar-refractivity contribution >= 4 is 19.7 Å². The molecule has 1 aliphatic carbocycles. The molecule has 1 atom stereocenters. The zero-order chi connectivity index (χ0) is 10.9. The summed E-state index contributed by atoms with van der Waals surface area (Å²) in [6.07, 6.45) is 11.1. The van der Waals surface area contributed by atoms with Crippen molar-refractivity contribution in [3.05, 3.63) is 0 Å². The van der Waals surface area contributed by atoms with Crippen LogP contribution in [0.5, 0.6) is 0 Å². The zero-order valence-corrected chi connectivity index (χ0v) is 12.0. The highest BCUT2D eigenvalue weighted by atomic mass is 32.2. The second-order valence-electron chi connectivity index (χ2n) is 4.52. The van der Waals surface area contributed by atoms with Crippen LogP contribution < -0.4 is 5.32 Å². The molecule has 1 unspecified atom stereocenters. The predicted molar refractivity (Wildman–Crippen MR) is 75.8 cm³/mol. The first-order valence-electron chi connectivity index (χ1n) is 6.24. The Morgan fingerprint density at radius 3 is 2.60 bits per heavy atom. The Labute approximate surface area is 101 Å². The van der Waals surface area contributed by atoms with Crippen molar-refractivity contribution < 1.29 is 0 Å². The van der Waals surface area contributed by atoms with Gasteiger partial charge in [0.15, 0.2) is 0 Å². The number of rotatable bonds is 7. The van der Waals surface area contributed by atoms with Crippen LogP contribution in [0.1, 0.15) is 32.1 Å². The topological polar surface area (TPSA) is 12.0 Å². The Hall–Kier alpha value is 0.740. The first-order chi connectivity index (χ1) is 7.34. The van der Waals surface area contributed by atoms with Crippen LogP contribution in [0, 0.1) is 0 Å². The molecule has 0 bridgehead atoms. The lowest BCUT2D eigenvalue weighted by Gasteiger charge is -2.28. The maximum absolute atomic E-state index is 3.55. The summed E-state index contributed by atoms with van der Waals surface area (Å²) >= 11 is 1.93. The van der Waals surface area contributed by atoms with E-state index in [9.17, 15) is 0 Å². The number of hydrogen-bond acceptors (Lipinski definition) is 2. The predicted octanol–water partition coefficient (Wildman–Crippen LogP) is 3.38. The normalized spacial score (nSPS) is 20.4. The van der Waals surface area contributed by atoms with Crippen LogP contribution in [0.15, 0.2) is 0 Å². The van der Waals surface area contributed by atoms with Crippen LogP contribution in [0.3, 0.4) is 0 Å². The molecule has 0 spiro atoms. The standard InChI is InChI=1S/C12H26NPS/c1-14(10-8-13-9-11-15-2)12-6-4-3-5-7-12/h12-13H,3-11H2,1-2H3. The van der Waals surface area contributed by atoms with E-state index in [4.69, 9.17) is 0 Å². The third-order valence-corrected chi connectivity index (χ3v) is 6.63. The molecule has 0 radical (unpaired) electrons. The molecule has 0 heterocycles. The van der Waals surface area contributed by atoms with Gasteiger partial charge in [0, 0.05) is 12.3 Å². The molecule has 0 aromatic carbocycles. The first-order valence-corrected chi connectivity index (χ1v) is 9.68. The highest BCUT2D eigenvalue weighted by Crippen LogP contribution is 2.44. The van der Waals surface area contributed by atoms with Crippen LogP contribution in [0.2, 0.25) is 0 Å². The van der Waals surface area contributed by atoms with E-state index in [-0.39, 0.29) is 0 Å². The molecule has 1 rings (SSSR count). The second-order valence-corrected chi connectivity index (χ2v) is 8.19. The maximum Gasteiger partial charge on any atom is 0.00553 e. The van der Waals surface area contributed by atoms with Gasteiger partial charge < -0.3 is 5.32 Å². The summed E-state index contributed by atoms with van der Waals surface area (Å²) in [5, 5.41) is 3.55. The largest absolute Gasteiger partial charge is 0.316 e. The minimum atomic E-state index is 0.311. The minimum absolute atomic E-state index is 0.311. The Kier molecular flexibility index (Phi) is 8.14. The van der Waals surface area contributed by atoms with Crippen LogP contribution >= 0.6 is 19.7 Å². The fourth-order valence-corrected chi connectivity index (χ4v) is 4.73. The summed E-state index contributed by atoms with van der Waals surface area (Å²) in [5.41, 5.74) is 1.09. The van der Waals surface area contributed by atoms with Gasteiger partial charge in [-0.15, -0.1) is 7.92 Å². The van der Waals surface area contributed by atoms with E-state index in [1.54, 1.807) is 0 Å². The van der Waals surface area contributed by atoms with Crippen molar-refractivity contribution in [3.63, 3.8) is 0 Å². The second kappa shape index (κ2) is 8.84. The lowest BCUT2D eigenvalue weighted by molar-refractivity contribution is 0.510. The quantitative estimate of drug-likeness (QED) is 0.547. The molecule has 90 valence electrons. The van der Waals surface area contributed by atoms with Crippen LogP contribution in [0.4, 0.5) is 0 Å². The Morgan fingerprint density at radius 1 is 1.20 bits per heavy atom. The summed E-state index contributed by atoms with van der Waals surface area (Å²) < 4.78 is 0. The van der Waals surface area contributed by atoms with Crippen molar-refractivity contribution in [2.45, 2.75) is 37.8 Å². The summed E-state index contributed by atoms with van der Waals surface area (Å²) in [4.78, 5) is 0. The average molecular weight is 247 g/mol. The summed E-state index contributed by atoms with van der Waals surface area (Å²) in [5.74, 6) is 1.26. The third kappa shape index (κ3) is 6.14. The van der Waals surface area contributed by atoms with Crippen LogP contribution in [-0.4, -0.2) is 43.6 Å². The lowest BCUT2D eigenvalue weighted by atomic mass is 10.0. The zero-order valence-electron chi connectivity index (χ0n) is 10.3. The van der Waals surface area contributed by atoms with Crippen molar-refractivity contribution in [1.82, 2.24) is 5.32 Å². The van der Waals surface area contributed by atoms with Gasteiger partial charge in [-0.25, -0.2) is 0 Å². The van der Waals surface area contributed by atoms with Crippen molar-refractivity contribution in [1.29, 1.82) is 0 Å². The fourth-order valence-electron chi connectivity index (χ4n) is 2.26. The van der Waals surface area contributed by atoms with E-state index in [2.05, 4.69) is 18.2 Å². The molecular weight excluding hydrogens is 221 g/mol. The maximum atomic E-state index is 3.55. The molecular formula is C12H26NPS. The van der Waals surface area contributed by atoms with Gasteiger partial charge in [0.05, 0.1) is 0 Å². The molecule has 1 N–H and O–H groups in total. The van der Waals surface area contributed by atoms with Crippen molar-refractivity contribution in [3.8, 4) is 0 Å². The molecule has 1 fully saturated rings. The van der Waals surface area contributed by atoms with Gasteiger partial charge in [0.1, 0.15) is 0 Å². The van der Waals surface area contributed by atoms with E-state index in [1.807, 2.05) is 11.8 Å². The third-order valence-electron chi connectivity index (χ3n) is 3.32.